The van der Waals surface area contributed by atoms with Gasteiger partial charge in [0.25, 0.3) is 5.91 Å². The fourth-order valence-electron chi connectivity index (χ4n) is 3.31. The molecule has 0 radical (unpaired) electrons. The topological polar surface area (TPSA) is 103 Å². The SMILES string of the molecule is COCCOC1COCCN(S(=O)(=O)c2cc(C(=O)Nc3ccc(F)c(F)c3)ccc2OC)C1. The molecule has 12 heteroatoms. The van der Waals surface area contributed by atoms with Crippen LogP contribution in [0, 0.1) is 11.6 Å². The molecule has 1 fully saturated rings. The standard InChI is InChI=1S/C22H26F2N2O7S/c1-30-9-10-33-17-13-26(7-8-32-14-17)34(28,29)21-11-15(3-6-20(21)31-2)22(27)25-16-4-5-18(23)19(24)12-16/h3-6,11-12,17H,7-10,13-14H2,1-2H3,(H,25,27). The fraction of sp³-hybridized carbons (Fsp3) is 0.409. The van der Waals surface area contributed by atoms with Crippen molar-refractivity contribution >= 4 is 21.6 Å². The van der Waals surface area contributed by atoms with Crippen molar-refractivity contribution in [2.75, 3.05) is 59.1 Å². The van der Waals surface area contributed by atoms with Crippen molar-refractivity contribution in [1.82, 2.24) is 4.31 Å². The normalized spacial score (nSPS) is 17.2. The van der Waals surface area contributed by atoms with Crippen LogP contribution in [0.5, 0.6) is 5.75 Å². The summed E-state index contributed by atoms with van der Waals surface area (Å²) >= 11 is 0. The molecule has 1 heterocycles. The van der Waals surface area contributed by atoms with Gasteiger partial charge in [0.1, 0.15) is 10.6 Å². The zero-order chi connectivity index (χ0) is 24.7. The Morgan fingerprint density at radius 3 is 2.65 bits per heavy atom. The number of carbonyl (C=O) groups excluding carboxylic acids is 1. The lowest BCUT2D eigenvalue weighted by Gasteiger charge is -2.24. The van der Waals surface area contributed by atoms with Gasteiger partial charge < -0.3 is 24.3 Å². The first kappa shape index (κ1) is 26.0. The summed E-state index contributed by atoms with van der Waals surface area (Å²) in [5.74, 6) is -2.83. The van der Waals surface area contributed by atoms with Gasteiger partial charge in [-0.05, 0) is 30.3 Å². The van der Waals surface area contributed by atoms with Crippen LogP contribution < -0.4 is 10.1 Å². The fourth-order valence-corrected chi connectivity index (χ4v) is 4.94. The van der Waals surface area contributed by atoms with Gasteiger partial charge in [-0.2, -0.15) is 4.31 Å². The largest absolute Gasteiger partial charge is 0.495 e. The summed E-state index contributed by atoms with van der Waals surface area (Å²) in [4.78, 5) is 12.5. The summed E-state index contributed by atoms with van der Waals surface area (Å²) in [5.41, 5.74) is 0.00733. The number of carbonyl (C=O) groups is 1. The number of nitrogens with one attached hydrogen (secondary N) is 1. The van der Waals surface area contributed by atoms with Crippen LogP contribution in [0.15, 0.2) is 41.3 Å². The van der Waals surface area contributed by atoms with Crippen LogP contribution in [0.1, 0.15) is 10.4 Å². The molecular weight excluding hydrogens is 474 g/mol. The number of nitrogens with zero attached hydrogens (tertiary/aromatic N) is 1. The molecule has 0 bridgehead atoms. The highest BCUT2D eigenvalue weighted by molar-refractivity contribution is 7.89. The third-order valence-corrected chi connectivity index (χ3v) is 6.94. The molecule has 2 aromatic carbocycles. The van der Waals surface area contributed by atoms with Gasteiger partial charge in [-0.1, -0.05) is 0 Å². The second-order valence-electron chi connectivity index (χ2n) is 7.37. The first-order valence-electron chi connectivity index (χ1n) is 10.4. The molecule has 0 saturated carbocycles. The maximum atomic E-state index is 13.5. The second kappa shape index (κ2) is 11.7. The molecular formula is C22H26F2N2O7S. The van der Waals surface area contributed by atoms with E-state index in [2.05, 4.69) is 5.32 Å². The van der Waals surface area contributed by atoms with Crippen LogP contribution in [0.25, 0.3) is 0 Å². The highest BCUT2D eigenvalue weighted by Crippen LogP contribution is 2.29. The molecule has 34 heavy (non-hydrogen) atoms. The molecule has 0 spiro atoms. The summed E-state index contributed by atoms with van der Waals surface area (Å²) in [7, 11) is -1.25. The van der Waals surface area contributed by atoms with Gasteiger partial charge in [-0.15, -0.1) is 0 Å². The maximum absolute atomic E-state index is 13.5. The van der Waals surface area contributed by atoms with E-state index in [0.717, 1.165) is 12.1 Å². The van der Waals surface area contributed by atoms with Gasteiger partial charge >= 0.3 is 0 Å². The van der Waals surface area contributed by atoms with Crippen LogP contribution in [-0.4, -0.2) is 78.5 Å². The first-order chi connectivity index (χ1) is 16.3. The van der Waals surface area contributed by atoms with E-state index in [1.165, 1.54) is 42.8 Å². The van der Waals surface area contributed by atoms with Gasteiger partial charge in [-0.25, -0.2) is 17.2 Å². The summed E-state index contributed by atoms with van der Waals surface area (Å²) < 4.78 is 76.2. The van der Waals surface area contributed by atoms with Crippen molar-refractivity contribution in [3.63, 3.8) is 0 Å². The minimum Gasteiger partial charge on any atom is -0.495 e. The lowest BCUT2D eigenvalue weighted by Crippen LogP contribution is -2.39. The van der Waals surface area contributed by atoms with Crippen LogP contribution in [0.2, 0.25) is 0 Å². The van der Waals surface area contributed by atoms with Crippen molar-refractivity contribution in [3.8, 4) is 5.75 Å². The molecule has 9 nitrogen and oxygen atoms in total. The molecule has 1 atom stereocenters. The van der Waals surface area contributed by atoms with Crippen molar-refractivity contribution in [2.45, 2.75) is 11.0 Å². The molecule has 0 aromatic heterocycles. The third kappa shape index (κ3) is 6.27. The van der Waals surface area contributed by atoms with Crippen LogP contribution in [0.4, 0.5) is 14.5 Å². The zero-order valence-corrected chi connectivity index (χ0v) is 19.6. The molecule has 1 amide bonds. The number of anilines is 1. The number of benzene rings is 2. The Morgan fingerprint density at radius 2 is 1.94 bits per heavy atom. The van der Waals surface area contributed by atoms with Gasteiger partial charge in [0, 0.05) is 37.5 Å². The van der Waals surface area contributed by atoms with E-state index in [-0.39, 0.29) is 54.8 Å². The zero-order valence-electron chi connectivity index (χ0n) is 18.8. The second-order valence-corrected chi connectivity index (χ2v) is 9.28. The van der Waals surface area contributed by atoms with Crippen molar-refractivity contribution in [3.05, 3.63) is 53.6 Å². The van der Waals surface area contributed by atoms with Crippen LogP contribution >= 0.6 is 0 Å². The Balaban J connectivity index is 1.85. The number of hydrogen-bond donors (Lipinski definition) is 1. The lowest BCUT2D eigenvalue weighted by molar-refractivity contribution is -0.0216. The highest BCUT2D eigenvalue weighted by atomic mass is 32.2. The Morgan fingerprint density at radius 1 is 1.15 bits per heavy atom. The number of methoxy groups -OCH3 is 2. The first-order valence-corrected chi connectivity index (χ1v) is 11.8. The van der Waals surface area contributed by atoms with E-state index < -0.39 is 33.7 Å². The summed E-state index contributed by atoms with van der Waals surface area (Å²) in [6.07, 6.45) is -0.502. The van der Waals surface area contributed by atoms with Crippen LogP contribution in [0.3, 0.4) is 0 Å². The molecule has 1 N–H and O–H groups in total. The van der Waals surface area contributed by atoms with Gasteiger partial charge in [0.15, 0.2) is 11.6 Å². The van der Waals surface area contributed by atoms with Gasteiger partial charge in [0.2, 0.25) is 10.0 Å². The van der Waals surface area contributed by atoms with Gasteiger partial charge in [0.05, 0.1) is 39.6 Å². The van der Waals surface area contributed by atoms with E-state index in [1.54, 1.807) is 0 Å². The number of hydrogen-bond acceptors (Lipinski definition) is 7. The molecule has 3 rings (SSSR count). The summed E-state index contributed by atoms with van der Waals surface area (Å²) in [5, 5.41) is 2.42. The number of ether oxygens (including phenoxy) is 4. The quantitative estimate of drug-likeness (QED) is 0.527. The number of amides is 1. The number of rotatable bonds is 9. The Hall–Kier alpha value is -2.64. The average Bonchev–Trinajstić information content (AvgIpc) is 3.07. The van der Waals surface area contributed by atoms with Gasteiger partial charge in [-0.3, -0.25) is 4.79 Å². The molecule has 0 aliphatic carbocycles. The van der Waals surface area contributed by atoms with E-state index in [9.17, 15) is 22.0 Å². The van der Waals surface area contributed by atoms with E-state index in [0.29, 0.717) is 6.61 Å². The van der Waals surface area contributed by atoms with E-state index in [4.69, 9.17) is 18.9 Å². The summed E-state index contributed by atoms with van der Waals surface area (Å²) in [6, 6.07) is 6.80. The lowest BCUT2D eigenvalue weighted by atomic mass is 10.2. The van der Waals surface area contributed by atoms with E-state index in [1.807, 2.05) is 0 Å². The molecule has 1 saturated heterocycles. The predicted octanol–water partition coefficient (Wildman–Crippen LogP) is 2.28. The molecule has 2 aromatic rings. The molecule has 1 aliphatic heterocycles. The molecule has 1 aliphatic rings. The summed E-state index contributed by atoms with van der Waals surface area (Å²) in [6.45, 7) is 1.15. The maximum Gasteiger partial charge on any atom is 0.255 e. The number of sulfonamides is 1. The smallest absolute Gasteiger partial charge is 0.255 e. The average molecular weight is 501 g/mol. The van der Waals surface area contributed by atoms with Crippen LogP contribution in [-0.2, 0) is 24.2 Å². The molecule has 1 unspecified atom stereocenters. The molecule has 186 valence electrons. The minimum absolute atomic E-state index is 0.0110. The van der Waals surface area contributed by atoms with Crippen molar-refractivity contribution in [2.24, 2.45) is 0 Å². The van der Waals surface area contributed by atoms with Crippen molar-refractivity contribution in [1.29, 1.82) is 0 Å². The minimum atomic E-state index is -4.11. The Bertz CT molecular complexity index is 1110. The highest BCUT2D eigenvalue weighted by Gasteiger charge is 2.32. The monoisotopic (exact) mass is 500 g/mol. The number of halogens is 2. The van der Waals surface area contributed by atoms with E-state index >= 15 is 0 Å². The Labute approximate surface area is 196 Å². The predicted molar refractivity (Wildman–Crippen MR) is 118 cm³/mol. The van der Waals surface area contributed by atoms with Crippen molar-refractivity contribution < 1.29 is 40.9 Å². The Kier molecular flexibility index (Phi) is 8.91. The third-order valence-electron chi connectivity index (χ3n) is 5.06.